The van der Waals surface area contributed by atoms with Gasteiger partial charge in [-0.2, -0.15) is 0 Å². The topological polar surface area (TPSA) is 65.5 Å². The maximum absolute atomic E-state index is 14.5. The van der Waals surface area contributed by atoms with Crippen LogP contribution in [0, 0.1) is 5.82 Å². The number of benzene rings is 3. The fourth-order valence-corrected chi connectivity index (χ4v) is 4.20. The first-order chi connectivity index (χ1) is 17.0. The lowest BCUT2D eigenvalue weighted by atomic mass is 9.76. The summed E-state index contributed by atoms with van der Waals surface area (Å²) in [6, 6.07) is 29.9. The van der Waals surface area contributed by atoms with Crippen molar-refractivity contribution in [1.29, 1.82) is 0 Å². The van der Waals surface area contributed by atoms with Crippen molar-refractivity contribution >= 4 is 23.3 Å². The zero-order chi connectivity index (χ0) is 24.8. The van der Waals surface area contributed by atoms with Crippen molar-refractivity contribution in [2.45, 2.75) is 5.54 Å². The van der Waals surface area contributed by atoms with Gasteiger partial charge in [0.15, 0.2) is 11.6 Å². The standard InChI is InChI=1S/C28H23ClFN3O2/c1-33(26-24(30)17-23(29)18-31-26)27(35)25(19-34)32-28(20-11-5-2-6-12-20,21-13-7-3-8-14-21)22-15-9-4-10-16-22/h2-19,32,34H,1H3. The Morgan fingerprint density at radius 2 is 1.40 bits per heavy atom. The molecule has 0 unspecified atom stereocenters. The van der Waals surface area contributed by atoms with E-state index < -0.39 is 17.3 Å². The number of nitrogens with zero attached hydrogens (tertiary/aromatic N) is 2. The SMILES string of the molecule is CN(C(=O)C(=CO)NC(c1ccccc1)(c1ccccc1)c1ccccc1)c1ncc(Cl)cc1F. The molecule has 3 aromatic carbocycles. The van der Waals surface area contributed by atoms with E-state index >= 15 is 0 Å². The number of pyridine rings is 1. The van der Waals surface area contributed by atoms with Crippen LogP contribution in [-0.4, -0.2) is 23.0 Å². The van der Waals surface area contributed by atoms with E-state index in [4.69, 9.17) is 11.6 Å². The number of halogens is 2. The summed E-state index contributed by atoms with van der Waals surface area (Å²) in [6.45, 7) is 0. The van der Waals surface area contributed by atoms with Crippen LogP contribution in [0.15, 0.2) is 115 Å². The van der Waals surface area contributed by atoms with Crippen LogP contribution >= 0.6 is 11.6 Å². The number of carbonyl (C=O) groups excluding carboxylic acids is 1. The normalized spacial score (nSPS) is 11.7. The van der Waals surface area contributed by atoms with Crippen molar-refractivity contribution in [2.24, 2.45) is 0 Å². The van der Waals surface area contributed by atoms with E-state index in [1.807, 2.05) is 91.0 Å². The van der Waals surface area contributed by atoms with Crippen LogP contribution in [0.3, 0.4) is 0 Å². The molecule has 0 aliphatic carbocycles. The zero-order valence-electron chi connectivity index (χ0n) is 18.9. The van der Waals surface area contributed by atoms with Crippen molar-refractivity contribution < 1.29 is 14.3 Å². The lowest BCUT2D eigenvalue weighted by Crippen LogP contribution is -2.48. The molecule has 0 atom stereocenters. The third-order valence-corrected chi connectivity index (χ3v) is 5.92. The van der Waals surface area contributed by atoms with Crippen LogP contribution in [0.5, 0.6) is 0 Å². The van der Waals surface area contributed by atoms with Gasteiger partial charge in [-0.05, 0) is 22.8 Å². The molecule has 176 valence electrons. The maximum Gasteiger partial charge on any atom is 0.278 e. The summed E-state index contributed by atoms with van der Waals surface area (Å²) in [5.74, 6) is -1.66. The molecule has 0 radical (unpaired) electrons. The van der Waals surface area contributed by atoms with Gasteiger partial charge in [-0.1, -0.05) is 103 Å². The van der Waals surface area contributed by atoms with Crippen LogP contribution in [-0.2, 0) is 10.3 Å². The van der Waals surface area contributed by atoms with Crippen LogP contribution in [0.4, 0.5) is 10.2 Å². The second-order valence-corrected chi connectivity index (χ2v) is 8.28. The van der Waals surface area contributed by atoms with Crippen LogP contribution in [0.1, 0.15) is 16.7 Å². The third-order valence-electron chi connectivity index (χ3n) is 5.71. The molecule has 4 aromatic rings. The molecule has 7 heteroatoms. The van der Waals surface area contributed by atoms with Gasteiger partial charge in [-0.25, -0.2) is 9.37 Å². The Morgan fingerprint density at radius 1 is 0.943 bits per heavy atom. The summed E-state index contributed by atoms with van der Waals surface area (Å²) in [6.07, 6.45) is 1.94. The predicted molar refractivity (Wildman–Crippen MR) is 136 cm³/mol. The Morgan fingerprint density at radius 3 is 1.80 bits per heavy atom. The first kappa shape index (κ1) is 24.0. The molecule has 5 nitrogen and oxygen atoms in total. The largest absolute Gasteiger partial charge is 0.513 e. The van der Waals surface area contributed by atoms with Gasteiger partial charge in [0.2, 0.25) is 0 Å². The van der Waals surface area contributed by atoms with Crippen LogP contribution in [0.25, 0.3) is 0 Å². The fraction of sp³-hybridized carbons (Fsp3) is 0.0714. The highest BCUT2D eigenvalue weighted by atomic mass is 35.5. The minimum atomic E-state index is -1.05. The molecule has 1 heterocycles. The Hall–Kier alpha value is -4.16. The van der Waals surface area contributed by atoms with Gasteiger partial charge in [-0.3, -0.25) is 9.69 Å². The zero-order valence-corrected chi connectivity index (χ0v) is 19.7. The molecule has 4 rings (SSSR count). The van der Waals surface area contributed by atoms with Crippen molar-refractivity contribution in [2.75, 3.05) is 11.9 Å². The Kier molecular flexibility index (Phi) is 7.13. The molecule has 0 bridgehead atoms. The van der Waals surface area contributed by atoms with E-state index in [2.05, 4.69) is 10.3 Å². The van der Waals surface area contributed by atoms with Gasteiger partial charge in [0.1, 0.15) is 17.5 Å². The number of hydrogen-bond acceptors (Lipinski definition) is 4. The third kappa shape index (κ3) is 4.74. The highest BCUT2D eigenvalue weighted by molar-refractivity contribution is 6.30. The predicted octanol–water partition coefficient (Wildman–Crippen LogP) is 5.82. The summed E-state index contributed by atoms with van der Waals surface area (Å²) < 4.78 is 14.5. The van der Waals surface area contributed by atoms with Gasteiger partial charge in [-0.15, -0.1) is 0 Å². The summed E-state index contributed by atoms with van der Waals surface area (Å²) in [5.41, 5.74) is 1.30. The van der Waals surface area contributed by atoms with E-state index in [1.165, 1.54) is 13.2 Å². The summed E-state index contributed by atoms with van der Waals surface area (Å²) in [7, 11) is 1.38. The Labute approximate surface area is 208 Å². The molecule has 0 aliphatic heterocycles. The summed E-state index contributed by atoms with van der Waals surface area (Å²) in [5, 5.41) is 13.6. The molecule has 2 N–H and O–H groups in total. The number of rotatable bonds is 7. The summed E-state index contributed by atoms with van der Waals surface area (Å²) >= 11 is 5.81. The molecule has 0 aliphatic rings. The number of aromatic nitrogens is 1. The highest BCUT2D eigenvalue weighted by Crippen LogP contribution is 2.38. The van der Waals surface area contributed by atoms with Gasteiger partial charge < -0.3 is 10.4 Å². The molecule has 35 heavy (non-hydrogen) atoms. The lowest BCUT2D eigenvalue weighted by molar-refractivity contribution is -0.115. The second-order valence-electron chi connectivity index (χ2n) is 7.84. The fourth-order valence-electron chi connectivity index (χ4n) is 4.05. The second kappa shape index (κ2) is 10.4. The van der Waals surface area contributed by atoms with E-state index in [9.17, 15) is 14.3 Å². The molecule has 1 aromatic heterocycles. The number of nitrogens with one attached hydrogen (secondary N) is 1. The number of amides is 1. The molecule has 0 fully saturated rings. The number of likely N-dealkylation sites (N-methyl/N-ethyl adjacent to an activating group) is 1. The van der Waals surface area contributed by atoms with Gasteiger partial charge >= 0.3 is 0 Å². The van der Waals surface area contributed by atoms with E-state index in [0.29, 0.717) is 6.26 Å². The molecule has 1 amide bonds. The van der Waals surface area contributed by atoms with E-state index in [-0.39, 0.29) is 16.5 Å². The first-order valence-corrected chi connectivity index (χ1v) is 11.2. The lowest BCUT2D eigenvalue weighted by Gasteiger charge is -2.38. The molecular weight excluding hydrogens is 465 g/mol. The van der Waals surface area contributed by atoms with Gasteiger partial charge in [0.25, 0.3) is 5.91 Å². The van der Waals surface area contributed by atoms with E-state index in [0.717, 1.165) is 27.7 Å². The minimum Gasteiger partial charge on any atom is -0.513 e. The van der Waals surface area contributed by atoms with Crippen molar-refractivity contribution in [3.8, 4) is 0 Å². The molecule has 0 saturated heterocycles. The average molecular weight is 488 g/mol. The first-order valence-electron chi connectivity index (χ1n) is 10.9. The smallest absolute Gasteiger partial charge is 0.278 e. The monoisotopic (exact) mass is 487 g/mol. The number of carbonyl (C=O) groups is 1. The van der Waals surface area contributed by atoms with Crippen molar-refractivity contribution in [3.63, 3.8) is 0 Å². The highest BCUT2D eigenvalue weighted by Gasteiger charge is 2.38. The van der Waals surface area contributed by atoms with Crippen molar-refractivity contribution in [1.82, 2.24) is 10.3 Å². The Balaban J connectivity index is 1.86. The summed E-state index contributed by atoms with van der Waals surface area (Å²) in [4.78, 5) is 18.4. The maximum atomic E-state index is 14.5. The minimum absolute atomic E-state index is 0.111. The van der Waals surface area contributed by atoms with Crippen LogP contribution < -0.4 is 10.2 Å². The molecule has 0 saturated carbocycles. The Bertz CT molecular complexity index is 1240. The van der Waals surface area contributed by atoms with E-state index in [1.54, 1.807) is 0 Å². The van der Waals surface area contributed by atoms with Crippen molar-refractivity contribution in [3.05, 3.63) is 143 Å². The molecule has 0 spiro atoms. The number of anilines is 1. The van der Waals surface area contributed by atoms with Gasteiger partial charge in [0, 0.05) is 13.2 Å². The average Bonchev–Trinajstić information content (AvgIpc) is 2.90. The number of aliphatic hydroxyl groups is 1. The number of aliphatic hydroxyl groups excluding tert-OH is 1. The van der Waals surface area contributed by atoms with Gasteiger partial charge in [0.05, 0.1) is 5.02 Å². The quantitative estimate of drug-likeness (QED) is 0.196. The van der Waals surface area contributed by atoms with Crippen LogP contribution in [0.2, 0.25) is 5.02 Å². The number of hydrogen-bond donors (Lipinski definition) is 2. The molecular formula is C28H23ClFN3O2.